The van der Waals surface area contributed by atoms with Gasteiger partial charge < -0.3 is 9.47 Å². The molecule has 1 unspecified atom stereocenters. The molecule has 0 amide bonds. The van der Waals surface area contributed by atoms with E-state index in [0.29, 0.717) is 23.4 Å². The summed E-state index contributed by atoms with van der Waals surface area (Å²) in [4.78, 5) is 0. The van der Waals surface area contributed by atoms with Crippen molar-refractivity contribution in [3.8, 4) is 5.75 Å². The van der Waals surface area contributed by atoms with E-state index < -0.39 is 0 Å². The molecule has 1 aliphatic rings. The third-order valence-corrected chi connectivity index (χ3v) is 2.48. The van der Waals surface area contributed by atoms with Gasteiger partial charge in [0.15, 0.2) is 0 Å². The van der Waals surface area contributed by atoms with E-state index in [0.717, 1.165) is 0 Å². The molecule has 1 heterocycles. The van der Waals surface area contributed by atoms with Crippen LogP contribution in [0.1, 0.15) is 6.92 Å². The van der Waals surface area contributed by atoms with Crippen LogP contribution in [0.2, 0.25) is 0 Å². The molecule has 0 N–H and O–H groups in total. The molecule has 0 bridgehead atoms. The molecule has 0 aliphatic carbocycles. The van der Waals surface area contributed by atoms with Gasteiger partial charge in [-0.2, -0.15) is 0 Å². The minimum absolute atomic E-state index is 0.168. The Morgan fingerprint density at radius 3 is 2.86 bits per heavy atom. The topological polar surface area (TPSA) is 21.8 Å². The fraction of sp³-hybridized carbons (Fsp3) is 0.400. The van der Waals surface area contributed by atoms with Gasteiger partial charge in [-0.1, -0.05) is 15.9 Å². The summed E-state index contributed by atoms with van der Waals surface area (Å²) in [6.45, 7) is 3.13. The number of rotatable bonds is 3. The first-order valence-electron chi connectivity index (χ1n) is 4.30. The van der Waals surface area contributed by atoms with Crippen LogP contribution in [-0.2, 0) is 4.74 Å². The molecular weight excluding hydrogens is 251 g/mol. The standard InChI is InChI=1S/C10H10BrFO2/c1-10(6-14-10)5-13-9-3-7(11)2-8(12)4-9/h2-4H,5-6H2,1H3. The summed E-state index contributed by atoms with van der Waals surface area (Å²) >= 11 is 3.20. The van der Waals surface area contributed by atoms with Gasteiger partial charge in [-0.15, -0.1) is 0 Å². The van der Waals surface area contributed by atoms with E-state index in [-0.39, 0.29) is 11.4 Å². The van der Waals surface area contributed by atoms with Crippen molar-refractivity contribution in [1.29, 1.82) is 0 Å². The van der Waals surface area contributed by atoms with Crippen LogP contribution >= 0.6 is 15.9 Å². The van der Waals surface area contributed by atoms with Gasteiger partial charge in [0.25, 0.3) is 0 Å². The SMILES string of the molecule is CC1(COc2cc(F)cc(Br)c2)CO1. The average Bonchev–Trinajstić information content (AvgIpc) is 2.80. The maximum absolute atomic E-state index is 12.9. The highest BCUT2D eigenvalue weighted by Gasteiger charge is 2.40. The maximum atomic E-state index is 12.9. The Labute approximate surface area is 90.1 Å². The lowest BCUT2D eigenvalue weighted by Gasteiger charge is -2.08. The van der Waals surface area contributed by atoms with Crippen LogP contribution in [0.3, 0.4) is 0 Å². The second kappa shape index (κ2) is 3.51. The highest BCUT2D eigenvalue weighted by Crippen LogP contribution is 2.28. The van der Waals surface area contributed by atoms with Crippen molar-refractivity contribution in [3.63, 3.8) is 0 Å². The number of ether oxygens (including phenoxy) is 2. The fourth-order valence-electron chi connectivity index (χ4n) is 1.05. The quantitative estimate of drug-likeness (QED) is 0.780. The summed E-state index contributed by atoms with van der Waals surface area (Å²) in [5.74, 6) is 0.213. The Balaban J connectivity index is 2.01. The molecule has 2 nitrogen and oxygen atoms in total. The smallest absolute Gasteiger partial charge is 0.128 e. The molecule has 76 valence electrons. The molecule has 2 rings (SSSR count). The summed E-state index contributed by atoms with van der Waals surface area (Å²) in [5, 5.41) is 0. The van der Waals surface area contributed by atoms with Crippen molar-refractivity contribution in [2.24, 2.45) is 0 Å². The van der Waals surface area contributed by atoms with Gasteiger partial charge in [-0.3, -0.25) is 0 Å². The van der Waals surface area contributed by atoms with Gasteiger partial charge in [0, 0.05) is 10.5 Å². The zero-order chi connectivity index (χ0) is 10.2. The van der Waals surface area contributed by atoms with Crippen molar-refractivity contribution in [2.45, 2.75) is 12.5 Å². The predicted octanol–water partition coefficient (Wildman–Crippen LogP) is 2.76. The third kappa shape index (κ3) is 2.45. The van der Waals surface area contributed by atoms with Crippen molar-refractivity contribution < 1.29 is 13.9 Å². The number of benzene rings is 1. The van der Waals surface area contributed by atoms with Crippen LogP contribution in [0.15, 0.2) is 22.7 Å². The third-order valence-electron chi connectivity index (χ3n) is 2.02. The van der Waals surface area contributed by atoms with Crippen molar-refractivity contribution >= 4 is 15.9 Å². The minimum Gasteiger partial charge on any atom is -0.490 e. The lowest BCUT2D eigenvalue weighted by molar-refractivity contribution is 0.202. The molecule has 0 saturated carbocycles. The normalized spacial score (nSPS) is 24.8. The van der Waals surface area contributed by atoms with Crippen LogP contribution < -0.4 is 4.74 Å². The lowest BCUT2D eigenvalue weighted by atomic mass is 10.2. The second-order valence-corrected chi connectivity index (χ2v) is 4.55. The van der Waals surface area contributed by atoms with Crippen LogP contribution in [0.4, 0.5) is 4.39 Å². The zero-order valence-electron chi connectivity index (χ0n) is 7.72. The summed E-state index contributed by atoms with van der Waals surface area (Å²) in [6, 6.07) is 4.48. The van der Waals surface area contributed by atoms with E-state index in [1.165, 1.54) is 12.1 Å². The van der Waals surface area contributed by atoms with Crippen LogP contribution in [0.25, 0.3) is 0 Å². The van der Waals surface area contributed by atoms with E-state index in [9.17, 15) is 4.39 Å². The molecule has 0 aromatic heterocycles. The highest BCUT2D eigenvalue weighted by molar-refractivity contribution is 9.10. The van der Waals surface area contributed by atoms with Gasteiger partial charge in [-0.05, 0) is 19.1 Å². The van der Waals surface area contributed by atoms with Gasteiger partial charge in [0.1, 0.15) is 23.8 Å². The van der Waals surface area contributed by atoms with E-state index >= 15 is 0 Å². The highest BCUT2D eigenvalue weighted by atomic mass is 79.9. The van der Waals surface area contributed by atoms with E-state index in [1.807, 2.05) is 6.92 Å². The Morgan fingerprint density at radius 2 is 2.29 bits per heavy atom. The molecule has 1 fully saturated rings. The number of epoxide rings is 1. The molecule has 4 heteroatoms. The Kier molecular flexibility index (Phi) is 2.49. The first kappa shape index (κ1) is 9.93. The number of halogens is 2. The van der Waals surface area contributed by atoms with E-state index in [4.69, 9.17) is 9.47 Å². The van der Waals surface area contributed by atoms with Crippen LogP contribution in [-0.4, -0.2) is 18.8 Å². The molecule has 0 radical (unpaired) electrons. The maximum Gasteiger partial charge on any atom is 0.128 e. The monoisotopic (exact) mass is 260 g/mol. The van der Waals surface area contributed by atoms with Gasteiger partial charge in [-0.25, -0.2) is 4.39 Å². The number of hydrogen-bond acceptors (Lipinski definition) is 2. The molecule has 1 saturated heterocycles. The minimum atomic E-state index is -0.309. The molecule has 0 spiro atoms. The summed E-state index contributed by atoms with van der Waals surface area (Å²) in [5.41, 5.74) is -0.168. The van der Waals surface area contributed by atoms with Crippen molar-refractivity contribution in [3.05, 3.63) is 28.5 Å². The molecule has 1 aliphatic heterocycles. The van der Waals surface area contributed by atoms with Gasteiger partial charge >= 0.3 is 0 Å². The first-order valence-corrected chi connectivity index (χ1v) is 5.10. The fourth-order valence-corrected chi connectivity index (χ4v) is 1.50. The summed E-state index contributed by atoms with van der Waals surface area (Å²) in [6.07, 6.45) is 0. The van der Waals surface area contributed by atoms with Gasteiger partial charge in [0.05, 0.1) is 6.61 Å². The van der Waals surface area contributed by atoms with Crippen LogP contribution in [0, 0.1) is 5.82 Å². The first-order chi connectivity index (χ1) is 6.57. The molecule has 1 atom stereocenters. The van der Waals surface area contributed by atoms with E-state index in [1.54, 1.807) is 6.07 Å². The lowest BCUT2D eigenvalue weighted by Crippen LogP contribution is -2.16. The van der Waals surface area contributed by atoms with E-state index in [2.05, 4.69) is 15.9 Å². The summed E-state index contributed by atoms with van der Waals surface area (Å²) in [7, 11) is 0. The molecular formula is C10H10BrFO2. The largest absolute Gasteiger partial charge is 0.490 e. The van der Waals surface area contributed by atoms with Gasteiger partial charge in [0.2, 0.25) is 0 Å². The molecule has 1 aromatic carbocycles. The Morgan fingerprint density at radius 1 is 1.57 bits per heavy atom. The van der Waals surface area contributed by atoms with Crippen molar-refractivity contribution in [2.75, 3.05) is 13.2 Å². The second-order valence-electron chi connectivity index (χ2n) is 3.63. The summed E-state index contributed by atoms with van der Waals surface area (Å²) < 4.78 is 24.1. The van der Waals surface area contributed by atoms with Crippen LogP contribution in [0.5, 0.6) is 5.75 Å². The Bertz CT molecular complexity index is 330. The average molecular weight is 261 g/mol. The zero-order valence-corrected chi connectivity index (χ0v) is 9.30. The van der Waals surface area contributed by atoms with Crippen molar-refractivity contribution in [1.82, 2.24) is 0 Å². The molecule has 14 heavy (non-hydrogen) atoms. The Hall–Kier alpha value is -0.610. The predicted molar refractivity (Wildman–Crippen MR) is 54.0 cm³/mol. The number of hydrogen-bond donors (Lipinski definition) is 0. The molecule has 1 aromatic rings.